The fraction of sp³-hybridized carbons (Fsp3) is 0.462. The maximum absolute atomic E-state index is 9.67. The smallest absolute Gasteiger partial charge is 0.0919 e. The molecule has 0 spiro atoms. The van der Waals surface area contributed by atoms with Crippen LogP contribution in [0.15, 0.2) is 24.3 Å². The summed E-state index contributed by atoms with van der Waals surface area (Å²) in [5.74, 6) is 0. The first kappa shape index (κ1) is 11.9. The fourth-order valence-corrected chi connectivity index (χ4v) is 1.93. The van der Waals surface area contributed by atoms with Crippen molar-refractivity contribution in [2.24, 2.45) is 0 Å². The largest absolute Gasteiger partial charge is 0.387 e. The Morgan fingerprint density at radius 1 is 1.29 bits per heavy atom. The van der Waals surface area contributed by atoms with Gasteiger partial charge in [0.05, 0.1) is 31.8 Å². The lowest BCUT2D eigenvalue weighted by atomic mass is 10.1. The maximum Gasteiger partial charge on any atom is 0.0919 e. The summed E-state index contributed by atoms with van der Waals surface area (Å²) in [7, 11) is 0. The minimum atomic E-state index is -0.682. The van der Waals surface area contributed by atoms with E-state index in [0.717, 1.165) is 37.6 Å². The molecule has 1 saturated heterocycles. The van der Waals surface area contributed by atoms with E-state index in [1.807, 2.05) is 30.3 Å². The molecule has 90 valence electrons. The molecule has 0 saturated carbocycles. The van der Waals surface area contributed by atoms with Gasteiger partial charge in [-0.25, -0.2) is 0 Å². The van der Waals surface area contributed by atoms with Crippen LogP contribution >= 0.6 is 0 Å². The van der Waals surface area contributed by atoms with E-state index in [0.29, 0.717) is 0 Å². The van der Waals surface area contributed by atoms with E-state index in [2.05, 4.69) is 4.90 Å². The van der Waals surface area contributed by atoms with Crippen molar-refractivity contribution in [3.8, 4) is 6.07 Å². The van der Waals surface area contributed by atoms with Gasteiger partial charge in [-0.05, 0) is 17.7 Å². The molecule has 1 heterocycles. The predicted molar refractivity (Wildman–Crippen MR) is 64.7 cm³/mol. The van der Waals surface area contributed by atoms with E-state index in [1.54, 1.807) is 0 Å². The zero-order valence-electron chi connectivity index (χ0n) is 9.67. The van der Waals surface area contributed by atoms with Gasteiger partial charge in [-0.1, -0.05) is 12.1 Å². The molecular weight excluding hydrogens is 216 g/mol. The quantitative estimate of drug-likeness (QED) is 0.857. The molecule has 1 aliphatic heterocycles. The molecule has 1 aliphatic rings. The highest BCUT2D eigenvalue weighted by molar-refractivity contribution is 5.48. The number of benzene rings is 1. The minimum Gasteiger partial charge on any atom is -0.387 e. The van der Waals surface area contributed by atoms with Gasteiger partial charge in [0.25, 0.3) is 0 Å². The zero-order chi connectivity index (χ0) is 12.1. The first-order valence-electron chi connectivity index (χ1n) is 5.79. The van der Waals surface area contributed by atoms with E-state index in [-0.39, 0.29) is 6.42 Å². The SMILES string of the molecule is N#CCC(O)c1ccc(N2CCOCC2)cc1. The Balaban J connectivity index is 2.04. The first-order valence-corrected chi connectivity index (χ1v) is 5.79. The Morgan fingerprint density at radius 3 is 2.53 bits per heavy atom. The van der Waals surface area contributed by atoms with Gasteiger partial charge in [-0.2, -0.15) is 5.26 Å². The van der Waals surface area contributed by atoms with E-state index in [9.17, 15) is 5.11 Å². The minimum absolute atomic E-state index is 0.136. The average molecular weight is 232 g/mol. The molecule has 1 aromatic carbocycles. The molecule has 0 aromatic heterocycles. The van der Waals surface area contributed by atoms with Gasteiger partial charge in [0, 0.05) is 18.8 Å². The van der Waals surface area contributed by atoms with Crippen LogP contribution in [0.3, 0.4) is 0 Å². The summed E-state index contributed by atoms with van der Waals surface area (Å²) in [6.07, 6.45) is -0.546. The second-order valence-corrected chi connectivity index (χ2v) is 4.07. The third-order valence-corrected chi connectivity index (χ3v) is 2.94. The van der Waals surface area contributed by atoms with Gasteiger partial charge in [-0.15, -0.1) is 0 Å². The molecular formula is C13H16N2O2. The third kappa shape index (κ3) is 2.96. The summed E-state index contributed by atoms with van der Waals surface area (Å²) < 4.78 is 5.30. The summed E-state index contributed by atoms with van der Waals surface area (Å²) in [5.41, 5.74) is 1.93. The molecule has 4 heteroatoms. The van der Waals surface area contributed by atoms with Gasteiger partial charge in [-0.3, -0.25) is 0 Å². The maximum atomic E-state index is 9.67. The second-order valence-electron chi connectivity index (χ2n) is 4.07. The van der Waals surface area contributed by atoms with Crippen molar-refractivity contribution in [1.29, 1.82) is 5.26 Å². The Labute approximate surface area is 101 Å². The summed E-state index contributed by atoms with van der Waals surface area (Å²) in [6, 6.07) is 9.71. The number of nitriles is 1. The van der Waals surface area contributed by atoms with Crippen LogP contribution in [0.2, 0.25) is 0 Å². The number of aliphatic hydroxyl groups excluding tert-OH is 1. The molecule has 1 atom stereocenters. The van der Waals surface area contributed by atoms with Crippen LogP contribution in [0.1, 0.15) is 18.1 Å². The zero-order valence-corrected chi connectivity index (χ0v) is 9.67. The Hall–Kier alpha value is -1.57. The number of hydrogen-bond donors (Lipinski definition) is 1. The van der Waals surface area contributed by atoms with E-state index in [1.165, 1.54) is 0 Å². The normalized spacial score (nSPS) is 17.5. The predicted octanol–water partition coefficient (Wildman–Crippen LogP) is 1.47. The molecule has 1 fully saturated rings. The van der Waals surface area contributed by atoms with Crippen LogP contribution in [-0.2, 0) is 4.74 Å². The van der Waals surface area contributed by atoms with Crippen molar-refractivity contribution in [3.63, 3.8) is 0 Å². The molecule has 0 amide bonds. The lowest BCUT2D eigenvalue weighted by molar-refractivity contribution is 0.122. The molecule has 0 radical (unpaired) electrons. The van der Waals surface area contributed by atoms with Gasteiger partial charge >= 0.3 is 0 Å². The summed E-state index contributed by atoms with van der Waals surface area (Å²) in [4.78, 5) is 2.25. The van der Waals surface area contributed by atoms with Gasteiger partial charge in [0.15, 0.2) is 0 Å². The molecule has 1 aromatic rings. The highest BCUT2D eigenvalue weighted by Crippen LogP contribution is 2.21. The Morgan fingerprint density at radius 2 is 1.94 bits per heavy atom. The van der Waals surface area contributed by atoms with Gasteiger partial charge in [0.2, 0.25) is 0 Å². The van der Waals surface area contributed by atoms with Crippen molar-refractivity contribution in [3.05, 3.63) is 29.8 Å². The average Bonchev–Trinajstić information content (AvgIpc) is 2.40. The first-order chi connectivity index (χ1) is 8.31. The van der Waals surface area contributed by atoms with E-state index >= 15 is 0 Å². The van der Waals surface area contributed by atoms with Crippen molar-refractivity contribution in [2.75, 3.05) is 31.2 Å². The molecule has 0 bridgehead atoms. The molecule has 2 rings (SSSR count). The highest BCUT2D eigenvalue weighted by atomic mass is 16.5. The van der Waals surface area contributed by atoms with Crippen LogP contribution in [0.5, 0.6) is 0 Å². The molecule has 4 nitrogen and oxygen atoms in total. The van der Waals surface area contributed by atoms with Crippen LogP contribution < -0.4 is 4.90 Å². The number of morpholine rings is 1. The second kappa shape index (κ2) is 5.67. The van der Waals surface area contributed by atoms with Gasteiger partial charge in [0.1, 0.15) is 0 Å². The summed E-state index contributed by atoms with van der Waals surface area (Å²) in [5, 5.41) is 18.2. The highest BCUT2D eigenvalue weighted by Gasteiger charge is 2.12. The monoisotopic (exact) mass is 232 g/mol. The van der Waals surface area contributed by atoms with Crippen molar-refractivity contribution < 1.29 is 9.84 Å². The van der Waals surface area contributed by atoms with E-state index < -0.39 is 6.10 Å². The van der Waals surface area contributed by atoms with Crippen molar-refractivity contribution in [1.82, 2.24) is 0 Å². The standard InChI is InChI=1S/C13H16N2O2/c14-6-5-13(16)11-1-3-12(4-2-11)15-7-9-17-10-8-15/h1-4,13,16H,5,7-10H2. The topological polar surface area (TPSA) is 56.5 Å². The lowest BCUT2D eigenvalue weighted by Crippen LogP contribution is -2.36. The molecule has 0 aliphatic carbocycles. The van der Waals surface area contributed by atoms with Crippen LogP contribution in [-0.4, -0.2) is 31.4 Å². The lowest BCUT2D eigenvalue weighted by Gasteiger charge is -2.29. The number of ether oxygens (including phenoxy) is 1. The number of nitrogens with zero attached hydrogens (tertiary/aromatic N) is 2. The number of rotatable bonds is 3. The van der Waals surface area contributed by atoms with Crippen LogP contribution in [0, 0.1) is 11.3 Å². The molecule has 1 unspecified atom stereocenters. The van der Waals surface area contributed by atoms with Crippen LogP contribution in [0.25, 0.3) is 0 Å². The van der Waals surface area contributed by atoms with E-state index in [4.69, 9.17) is 10.00 Å². The number of aliphatic hydroxyl groups is 1. The van der Waals surface area contributed by atoms with Gasteiger partial charge < -0.3 is 14.7 Å². The van der Waals surface area contributed by atoms with Crippen LogP contribution in [0.4, 0.5) is 5.69 Å². The third-order valence-electron chi connectivity index (χ3n) is 2.94. The Bertz CT molecular complexity index is 391. The van der Waals surface area contributed by atoms with Crippen molar-refractivity contribution >= 4 is 5.69 Å². The Kier molecular flexibility index (Phi) is 3.97. The summed E-state index contributed by atoms with van der Waals surface area (Å²) in [6.45, 7) is 3.33. The molecule has 17 heavy (non-hydrogen) atoms. The number of anilines is 1. The summed E-state index contributed by atoms with van der Waals surface area (Å²) >= 11 is 0. The molecule has 1 N–H and O–H groups in total. The fourth-order valence-electron chi connectivity index (χ4n) is 1.93. The number of hydrogen-bond acceptors (Lipinski definition) is 4. The van der Waals surface area contributed by atoms with Crippen molar-refractivity contribution in [2.45, 2.75) is 12.5 Å².